The molecule has 0 saturated heterocycles. The maximum Gasteiger partial charge on any atom is 0.299 e. The van der Waals surface area contributed by atoms with Gasteiger partial charge in [0.05, 0.1) is 16.9 Å². The molecule has 10 nitrogen and oxygen atoms in total. The van der Waals surface area contributed by atoms with E-state index in [1.807, 2.05) is 22.6 Å². The van der Waals surface area contributed by atoms with Crippen LogP contribution in [0.2, 0.25) is 0 Å². The van der Waals surface area contributed by atoms with Gasteiger partial charge in [0.15, 0.2) is 5.75 Å². The lowest BCUT2D eigenvalue weighted by atomic mass is 10.1. The van der Waals surface area contributed by atoms with E-state index in [1.165, 1.54) is 36.7 Å². The average Bonchev–Trinajstić information content (AvgIpc) is 3.65. The molecule has 5 rings (SSSR count). The third kappa shape index (κ3) is 5.29. The topological polar surface area (TPSA) is 131 Å². The van der Waals surface area contributed by atoms with Crippen LogP contribution in [0.4, 0.5) is 21.6 Å². The number of rotatable bonds is 6. The molecule has 1 amide bonds. The van der Waals surface area contributed by atoms with E-state index in [4.69, 9.17) is 4.74 Å². The van der Waals surface area contributed by atoms with E-state index in [2.05, 4.69) is 20.1 Å². The zero-order valence-electron chi connectivity index (χ0n) is 19.8. The van der Waals surface area contributed by atoms with Crippen LogP contribution in [0.3, 0.4) is 0 Å². The Balaban J connectivity index is 1.63. The monoisotopic (exact) mass is 639 g/mol. The summed E-state index contributed by atoms with van der Waals surface area (Å²) in [6.45, 7) is 1.65. The number of pyridine rings is 1. The molecule has 1 aliphatic carbocycles. The fourth-order valence-electron chi connectivity index (χ4n) is 3.94. The highest BCUT2D eigenvalue weighted by molar-refractivity contribution is 14.1. The predicted molar refractivity (Wildman–Crippen MR) is 145 cm³/mol. The second kappa shape index (κ2) is 9.61. The number of carbonyl (C=O) groups is 1. The van der Waals surface area contributed by atoms with E-state index >= 15 is 0 Å². The van der Waals surface area contributed by atoms with Crippen LogP contribution >= 0.6 is 22.6 Å². The van der Waals surface area contributed by atoms with Crippen molar-refractivity contribution < 1.29 is 22.3 Å². The van der Waals surface area contributed by atoms with E-state index in [0.29, 0.717) is 14.8 Å². The van der Waals surface area contributed by atoms with Gasteiger partial charge in [0.1, 0.15) is 22.9 Å². The number of fused-ring (bicyclic) bond motifs is 1. The Labute approximate surface area is 225 Å². The Morgan fingerprint density at radius 2 is 1.97 bits per heavy atom. The van der Waals surface area contributed by atoms with Crippen LogP contribution < -0.4 is 30.4 Å². The number of carbonyl (C=O) groups excluding carboxylic acids is 1. The number of nitrogens with zero attached hydrogens (tertiary/aromatic N) is 1. The van der Waals surface area contributed by atoms with Crippen LogP contribution in [-0.4, -0.2) is 24.9 Å². The van der Waals surface area contributed by atoms with Crippen molar-refractivity contribution in [2.24, 2.45) is 7.05 Å². The van der Waals surface area contributed by atoms with Gasteiger partial charge in [-0.25, -0.2) is 4.39 Å². The summed E-state index contributed by atoms with van der Waals surface area (Å²) in [4.78, 5) is 26.6. The van der Waals surface area contributed by atoms with Crippen molar-refractivity contribution in [3.63, 3.8) is 0 Å². The van der Waals surface area contributed by atoms with Gasteiger partial charge in [-0.15, -0.1) is 0 Å². The molecule has 194 valence electrons. The second-order valence-electron chi connectivity index (χ2n) is 8.89. The summed E-state index contributed by atoms with van der Waals surface area (Å²) in [5, 5.41) is 5.82. The number of hydrogen-bond donors (Lipinski definition) is 4. The zero-order chi connectivity index (χ0) is 26.5. The van der Waals surface area contributed by atoms with Gasteiger partial charge >= 0.3 is 0 Å². The number of ether oxygens (including phenoxy) is 1. The molecule has 3 aromatic rings. The molecule has 37 heavy (non-hydrogen) atoms. The first kappa shape index (κ1) is 25.5. The molecule has 2 aliphatic rings. The highest BCUT2D eigenvalue weighted by Gasteiger charge is 2.31. The Morgan fingerprint density at radius 3 is 2.68 bits per heavy atom. The Kier molecular flexibility index (Phi) is 6.62. The molecule has 2 aromatic carbocycles. The number of nitrogens with one attached hydrogen (secondary N) is 4. The van der Waals surface area contributed by atoms with Crippen LogP contribution in [-0.2, 0) is 23.8 Å². The Bertz CT molecular complexity index is 1600. The van der Waals surface area contributed by atoms with E-state index in [9.17, 15) is 22.4 Å². The molecule has 0 bridgehead atoms. The van der Waals surface area contributed by atoms with Crippen molar-refractivity contribution in [1.82, 2.24) is 14.6 Å². The van der Waals surface area contributed by atoms with Gasteiger partial charge in [-0.3, -0.25) is 18.9 Å². The quantitative estimate of drug-likeness (QED) is 0.305. The summed E-state index contributed by atoms with van der Waals surface area (Å²) < 4.78 is 51.4. The molecular weight excluding hydrogens is 616 g/mol. The summed E-state index contributed by atoms with van der Waals surface area (Å²) in [6.07, 6.45) is 1.67. The summed E-state index contributed by atoms with van der Waals surface area (Å²) in [5.74, 6) is -0.760. The standard InChI is InChI=1S/C24H23FIN5O5S/c1-12-21(36-16-7-3-13-11-27-37(34,35)30-19(13)10-16)20(23(32)28-15-5-6-15)22(31(2)24(12)33)29-18-8-4-14(26)9-17(18)25/h3-4,7-10,15,27,29-30H,5-6,11H2,1-2H3,(H,28,32). The number of benzene rings is 2. The third-order valence-electron chi connectivity index (χ3n) is 6.09. The van der Waals surface area contributed by atoms with Gasteiger partial charge in [0, 0.05) is 29.3 Å². The number of halogens is 2. The largest absolute Gasteiger partial charge is 0.456 e. The van der Waals surface area contributed by atoms with E-state index in [-0.39, 0.29) is 46.7 Å². The molecule has 1 aromatic heterocycles. The first-order chi connectivity index (χ1) is 17.5. The summed E-state index contributed by atoms with van der Waals surface area (Å²) >= 11 is 1.99. The molecule has 1 aliphatic heterocycles. The third-order valence-corrected chi connectivity index (χ3v) is 7.77. The van der Waals surface area contributed by atoms with Crippen LogP contribution in [0.1, 0.15) is 34.3 Å². The fraction of sp³-hybridized carbons (Fsp3) is 0.250. The normalized spacial score (nSPS) is 15.9. The van der Waals surface area contributed by atoms with Gasteiger partial charge in [0.2, 0.25) is 0 Å². The number of aromatic nitrogens is 1. The van der Waals surface area contributed by atoms with Crippen LogP contribution in [0, 0.1) is 16.3 Å². The van der Waals surface area contributed by atoms with Crippen molar-refractivity contribution in [2.75, 3.05) is 10.0 Å². The maximum absolute atomic E-state index is 14.7. The molecular formula is C24H23FIN5O5S. The fourth-order valence-corrected chi connectivity index (χ4v) is 5.29. The molecule has 4 N–H and O–H groups in total. The maximum atomic E-state index is 14.7. The number of anilines is 3. The molecule has 0 spiro atoms. The first-order valence-electron chi connectivity index (χ1n) is 11.4. The lowest BCUT2D eigenvalue weighted by molar-refractivity contribution is 0.0948. The Morgan fingerprint density at radius 1 is 1.22 bits per heavy atom. The molecule has 1 saturated carbocycles. The molecule has 13 heteroatoms. The minimum absolute atomic E-state index is 0.00595. The van der Waals surface area contributed by atoms with E-state index in [0.717, 1.165) is 12.8 Å². The molecule has 0 radical (unpaired) electrons. The minimum atomic E-state index is -3.70. The second-order valence-corrected chi connectivity index (χ2v) is 11.6. The SMILES string of the molecule is Cc1c(Oc2ccc3c(c2)NS(=O)(=O)NC3)c(C(=O)NC2CC2)c(Nc2ccc(I)cc2F)n(C)c1=O. The van der Waals surface area contributed by atoms with E-state index < -0.39 is 27.5 Å². The van der Waals surface area contributed by atoms with Crippen molar-refractivity contribution in [2.45, 2.75) is 32.4 Å². The van der Waals surface area contributed by atoms with Crippen LogP contribution in [0.25, 0.3) is 0 Å². The number of hydrogen-bond acceptors (Lipinski definition) is 6. The van der Waals surface area contributed by atoms with Crippen LogP contribution in [0.5, 0.6) is 11.5 Å². The molecule has 0 atom stereocenters. The summed E-state index contributed by atoms with van der Waals surface area (Å²) in [7, 11) is -2.22. The van der Waals surface area contributed by atoms with Crippen LogP contribution in [0.15, 0.2) is 41.2 Å². The molecule has 0 unspecified atom stereocenters. The van der Waals surface area contributed by atoms with Crippen molar-refractivity contribution in [1.29, 1.82) is 0 Å². The summed E-state index contributed by atoms with van der Waals surface area (Å²) in [5.41, 5.74) is 0.851. The van der Waals surface area contributed by atoms with Crippen molar-refractivity contribution in [3.8, 4) is 11.5 Å². The molecule has 1 fully saturated rings. The van der Waals surface area contributed by atoms with Gasteiger partial charge < -0.3 is 15.4 Å². The van der Waals surface area contributed by atoms with Gasteiger partial charge in [0.25, 0.3) is 21.7 Å². The number of amides is 1. The van der Waals surface area contributed by atoms with E-state index in [1.54, 1.807) is 18.2 Å². The minimum Gasteiger partial charge on any atom is -0.456 e. The van der Waals surface area contributed by atoms with Gasteiger partial charge in [-0.1, -0.05) is 6.07 Å². The van der Waals surface area contributed by atoms with Gasteiger partial charge in [-0.2, -0.15) is 13.1 Å². The van der Waals surface area contributed by atoms with Crippen molar-refractivity contribution in [3.05, 3.63) is 72.8 Å². The average molecular weight is 639 g/mol. The van der Waals surface area contributed by atoms with Crippen molar-refractivity contribution >= 4 is 55.9 Å². The summed E-state index contributed by atoms with van der Waals surface area (Å²) in [6, 6.07) is 9.34. The smallest absolute Gasteiger partial charge is 0.299 e. The molecule has 2 heterocycles. The highest BCUT2D eigenvalue weighted by Crippen LogP contribution is 2.36. The van der Waals surface area contributed by atoms with Gasteiger partial charge in [-0.05, 0) is 72.2 Å². The Hall–Kier alpha value is -3.17. The zero-order valence-corrected chi connectivity index (χ0v) is 22.8. The first-order valence-corrected chi connectivity index (χ1v) is 13.9. The highest BCUT2D eigenvalue weighted by atomic mass is 127. The predicted octanol–water partition coefficient (Wildman–Crippen LogP) is 3.63. The lowest BCUT2D eigenvalue weighted by Crippen LogP contribution is -2.34. The lowest BCUT2D eigenvalue weighted by Gasteiger charge is -2.23.